The maximum absolute atomic E-state index is 13.1. The highest BCUT2D eigenvalue weighted by Crippen LogP contribution is 2.21. The first-order valence-electron chi connectivity index (χ1n) is 9.86. The largest absolute Gasteiger partial charge is 0.357 e. The van der Waals surface area contributed by atoms with Gasteiger partial charge < -0.3 is 9.88 Å². The van der Waals surface area contributed by atoms with Crippen molar-refractivity contribution in [2.75, 3.05) is 32.7 Å². The van der Waals surface area contributed by atoms with E-state index in [0.717, 1.165) is 30.8 Å². The van der Waals surface area contributed by atoms with Gasteiger partial charge in [0, 0.05) is 38.9 Å². The van der Waals surface area contributed by atoms with Crippen molar-refractivity contribution in [3.63, 3.8) is 0 Å². The molecule has 3 aromatic rings. The van der Waals surface area contributed by atoms with Crippen LogP contribution in [-0.2, 0) is 0 Å². The Kier molecular flexibility index (Phi) is 5.86. The summed E-state index contributed by atoms with van der Waals surface area (Å²) in [6.07, 6.45) is 6.10. The van der Waals surface area contributed by atoms with Crippen LogP contribution in [0, 0.1) is 5.82 Å². The van der Waals surface area contributed by atoms with Crippen molar-refractivity contribution in [3.8, 4) is 11.1 Å². The summed E-state index contributed by atoms with van der Waals surface area (Å²) in [5, 5.41) is 0. The molecule has 2 heterocycles. The van der Waals surface area contributed by atoms with E-state index in [-0.39, 0.29) is 11.7 Å². The monoisotopic (exact) mass is 389 g/mol. The molecule has 29 heavy (non-hydrogen) atoms. The number of carbonyl (C=O) groups is 1. The van der Waals surface area contributed by atoms with E-state index >= 15 is 0 Å². The van der Waals surface area contributed by atoms with Crippen LogP contribution in [0.5, 0.6) is 0 Å². The lowest BCUT2D eigenvalue weighted by Crippen LogP contribution is -2.48. The van der Waals surface area contributed by atoms with Gasteiger partial charge in [-0.1, -0.05) is 54.6 Å². The van der Waals surface area contributed by atoms with E-state index in [0.29, 0.717) is 18.8 Å². The van der Waals surface area contributed by atoms with Crippen LogP contribution in [0.3, 0.4) is 0 Å². The van der Waals surface area contributed by atoms with E-state index in [2.05, 4.69) is 34.2 Å². The van der Waals surface area contributed by atoms with Gasteiger partial charge in [0.15, 0.2) is 0 Å². The first-order valence-corrected chi connectivity index (χ1v) is 9.86. The van der Waals surface area contributed by atoms with Gasteiger partial charge in [-0.3, -0.25) is 9.69 Å². The molecular formula is C24H24FN3O. The second kappa shape index (κ2) is 8.88. The van der Waals surface area contributed by atoms with Gasteiger partial charge in [-0.2, -0.15) is 0 Å². The number of hydrogen-bond acceptors (Lipinski definition) is 2. The highest BCUT2D eigenvalue weighted by molar-refractivity contribution is 5.94. The molecule has 1 amide bonds. The number of amides is 1. The topological polar surface area (TPSA) is 39.3 Å². The molecule has 1 fully saturated rings. The number of rotatable bonds is 5. The lowest BCUT2D eigenvalue weighted by Gasteiger charge is -2.33. The number of nitrogens with zero attached hydrogens (tertiary/aromatic N) is 2. The number of aromatic nitrogens is 1. The molecule has 0 atom stereocenters. The summed E-state index contributed by atoms with van der Waals surface area (Å²) in [5.74, 6) is -0.255. The molecule has 0 aliphatic carbocycles. The standard InChI is InChI=1S/C24H24FN3O/c25-22-10-8-20(9-11-22)21-17-23(26-18-21)24(29)28-15-13-27(14-16-28)12-4-7-19-5-2-1-3-6-19/h1-11,17-18,26H,12-16H2/b7-4+. The Morgan fingerprint density at radius 1 is 0.966 bits per heavy atom. The van der Waals surface area contributed by atoms with Crippen LogP contribution in [0.4, 0.5) is 4.39 Å². The number of benzene rings is 2. The van der Waals surface area contributed by atoms with Gasteiger partial charge in [0.05, 0.1) is 0 Å². The Labute approximate surface area is 170 Å². The third-order valence-electron chi connectivity index (χ3n) is 5.22. The highest BCUT2D eigenvalue weighted by Gasteiger charge is 2.22. The molecule has 148 valence electrons. The lowest BCUT2D eigenvalue weighted by molar-refractivity contribution is 0.0645. The van der Waals surface area contributed by atoms with Crippen LogP contribution in [0.25, 0.3) is 17.2 Å². The maximum atomic E-state index is 13.1. The highest BCUT2D eigenvalue weighted by atomic mass is 19.1. The first-order chi connectivity index (χ1) is 14.2. The second-order valence-corrected chi connectivity index (χ2v) is 7.21. The number of nitrogens with one attached hydrogen (secondary N) is 1. The normalized spacial score (nSPS) is 15.1. The van der Waals surface area contributed by atoms with Gasteiger partial charge in [-0.15, -0.1) is 0 Å². The molecule has 5 heteroatoms. The molecule has 0 bridgehead atoms. The number of aromatic amines is 1. The Hall–Kier alpha value is -3.18. The lowest BCUT2D eigenvalue weighted by atomic mass is 10.1. The van der Waals surface area contributed by atoms with Crippen molar-refractivity contribution in [2.45, 2.75) is 0 Å². The minimum atomic E-state index is -0.267. The summed E-state index contributed by atoms with van der Waals surface area (Å²) in [4.78, 5) is 20.1. The Balaban J connectivity index is 1.30. The zero-order valence-electron chi connectivity index (χ0n) is 16.2. The number of halogens is 1. The van der Waals surface area contributed by atoms with Gasteiger partial charge in [0.25, 0.3) is 5.91 Å². The minimum Gasteiger partial charge on any atom is -0.357 e. The van der Waals surface area contributed by atoms with Gasteiger partial charge in [0.1, 0.15) is 11.5 Å². The Morgan fingerprint density at radius 2 is 1.69 bits per heavy atom. The van der Waals surface area contributed by atoms with Gasteiger partial charge in [0.2, 0.25) is 0 Å². The van der Waals surface area contributed by atoms with Crippen molar-refractivity contribution in [3.05, 3.63) is 90.0 Å². The molecule has 4 rings (SSSR count). The molecule has 2 aromatic carbocycles. The fraction of sp³-hybridized carbons (Fsp3) is 0.208. The number of H-pyrrole nitrogens is 1. The van der Waals surface area contributed by atoms with Gasteiger partial charge in [-0.05, 0) is 34.9 Å². The SMILES string of the molecule is O=C(c1cc(-c2ccc(F)cc2)c[nH]1)N1CCN(C/C=C/c2ccccc2)CC1. The van der Waals surface area contributed by atoms with E-state index in [1.165, 1.54) is 17.7 Å². The fourth-order valence-corrected chi connectivity index (χ4v) is 3.53. The van der Waals surface area contributed by atoms with Crippen LogP contribution < -0.4 is 0 Å². The summed E-state index contributed by atoms with van der Waals surface area (Å²) >= 11 is 0. The molecule has 0 radical (unpaired) electrons. The Bertz CT molecular complexity index is 971. The third-order valence-corrected chi connectivity index (χ3v) is 5.22. The summed E-state index contributed by atoms with van der Waals surface area (Å²) in [5.41, 5.74) is 3.54. The molecule has 0 spiro atoms. The zero-order chi connectivity index (χ0) is 20.1. The van der Waals surface area contributed by atoms with Crippen molar-refractivity contribution in [1.29, 1.82) is 0 Å². The number of piperazine rings is 1. The summed E-state index contributed by atoms with van der Waals surface area (Å²) in [7, 11) is 0. The van der Waals surface area contributed by atoms with E-state index < -0.39 is 0 Å². The quantitative estimate of drug-likeness (QED) is 0.707. The van der Waals surface area contributed by atoms with Crippen molar-refractivity contribution < 1.29 is 9.18 Å². The second-order valence-electron chi connectivity index (χ2n) is 7.21. The zero-order valence-corrected chi connectivity index (χ0v) is 16.2. The number of carbonyl (C=O) groups excluding carboxylic acids is 1. The van der Waals surface area contributed by atoms with Gasteiger partial charge in [-0.25, -0.2) is 4.39 Å². The molecular weight excluding hydrogens is 365 g/mol. The smallest absolute Gasteiger partial charge is 0.270 e. The Morgan fingerprint density at radius 3 is 2.41 bits per heavy atom. The average molecular weight is 389 g/mol. The van der Waals surface area contributed by atoms with Crippen LogP contribution in [0.2, 0.25) is 0 Å². The summed E-state index contributed by atoms with van der Waals surface area (Å²) < 4.78 is 13.1. The maximum Gasteiger partial charge on any atom is 0.270 e. The molecule has 1 aliphatic rings. The molecule has 0 saturated carbocycles. The van der Waals surface area contributed by atoms with Crippen molar-refractivity contribution in [2.24, 2.45) is 0 Å². The van der Waals surface area contributed by atoms with E-state index in [1.54, 1.807) is 18.3 Å². The molecule has 1 N–H and O–H groups in total. The fourth-order valence-electron chi connectivity index (χ4n) is 3.53. The van der Waals surface area contributed by atoms with Crippen LogP contribution in [0.15, 0.2) is 72.9 Å². The van der Waals surface area contributed by atoms with Crippen molar-refractivity contribution in [1.82, 2.24) is 14.8 Å². The van der Waals surface area contributed by atoms with E-state index in [4.69, 9.17) is 0 Å². The molecule has 1 aliphatic heterocycles. The summed E-state index contributed by atoms with van der Waals surface area (Å²) in [6, 6.07) is 18.4. The van der Waals surface area contributed by atoms with Crippen LogP contribution in [-0.4, -0.2) is 53.4 Å². The molecule has 1 saturated heterocycles. The van der Waals surface area contributed by atoms with Crippen LogP contribution in [0.1, 0.15) is 16.1 Å². The molecule has 4 nitrogen and oxygen atoms in total. The van der Waals surface area contributed by atoms with Gasteiger partial charge >= 0.3 is 0 Å². The molecule has 0 unspecified atom stereocenters. The van der Waals surface area contributed by atoms with E-state index in [1.807, 2.05) is 29.2 Å². The van der Waals surface area contributed by atoms with Crippen LogP contribution >= 0.6 is 0 Å². The average Bonchev–Trinajstić information content (AvgIpc) is 3.25. The predicted octanol–water partition coefficient (Wildman–Crippen LogP) is 4.29. The summed E-state index contributed by atoms with van der Waals surface area (Å²) in [6.45, 7) is 4.02. The minimum absolute atomic E-state index is 0.0119. The van der Waals surface area contributed by atoms with E-state index in [9.17, 15) is 9.18 Å². The third kappa shape index (κ3) is 4.81. The number of hydrogen-bond donors (Lipinski definition) is 1. The molecule has 1 aromatic heterocycles. The van der Waals surface area contributed by atoms with Crippen molar-refractivity contribution >= 4 is 12.0 Å². The first kappa shape index (κ1) is 19.2. The predicted molar refractivity (Wildman–Crippen MR) is 114 cm³/mol.